The van der Waals surface area contributed by atoms with E-state index in [4.69, 9.17) is 5.73 Å². The summed E-state index contributed by atoms with van der Waals surface area (Å²) in [6, 6.07) is 29.6. The van der Waals surface area contributed by atoms with Crippen LogP contribution >= 0.6 is 42.4 Å². The zero-order chi connectivity index (χ0) is 32.7. The van der Waals surface area contributed by atoms with Crippen LogP contribution in [0.2, 0.25) is 0 Å². The number of hydrogen-bond donors (Lipinski definition) is 3. The van der Waals surface area contributed by atoms with Crippen LogP contribution in [0.15, 0.2) is 91.0 Å². The van der Waals surface area contributed by atoms with Crippen molar-refractivity contribution >= 4 is 82.0 Å². The van der Waals surface area contributed by atoms with Gasteiger partial charge in [0.05, 0.1) is 7.11 Å². The van der Waals surface area contributed by atoms with E-state index in [1.54, 1.807) is 10.8 Å². The Morgan fingerprint density at radius 1 is 0.822 bits per heavy atom. The van der Waals surface area contributed by atoms with Gasteiger partial charge in [0.15, 0.2) is 0 Å². The van der Waals surface area contributed by atoms with Crippen molar-refractivity contribution in [1.29, 1.82) is 0 Å². The maximum atomic E-state index is 13.0. The molecule has 0 aliphatic rings. The van der Waals surface area contributed by atoms with Crippen LogP contribution in [-0.2, 0) is 28.7 Å². The van der Waals surface area contributed by atoms with Crippen molar-refractivity contribution in [2.45, 2.75) is 24.9 Å². The summed E-state index contributed by atoms with van der Waals surface area (Å²) in [6.07, 6.45) is 0.782. The minimum absolute atomic E-state index is 0.0632. The molecule has 0 saturated heterocycles. The topological polar surface area (TPSA) is 137 Å². The fraction of sp³-hybridized carbons (Fsp3) is 0.312. The third-order valence-electron chi connectivity index (χ3n) is 7.27. The molecule has 13 heteroatoms. The molecule has 0 radical (unpaired) electrons. The molecule has 0 saturated carbocycles. The average molecular weight is 737 g/mol. The zero-order valence-electron chi connectivity index (χ0n) is 25.2. The number of benzene rings is 3. The van der Waals surface area contributed by atoms with Crippen LogP contribution in [0.5, 0.6) is 0 Å². The molecule has 3 rings (SSSR count). The SMILES string of the molecule is COC(=O)CNC(=O)[C@H](CSSCCP(Br)(c1ccccc1)(c1ccccc1)c1ccccc1)NC(=O)CC[C@H](N)C(=O)OC. The first-order chi connectivity index (χ1) is 21.6. The molecule has 0 bridgehead atoms. The molecule has 0 aliphatic heterocycles. The number of esters is 2. The van der Waals surface area contributed by atoms with E-state index in [-0.39, 0.29) is 25.1 Å². The Kier molecular flexibility index (Phi) is 14.4. The van der Waals surface area contributed by atoms with E-state index in [2.05, 4.69) is 108 Å². The van der Waals surface area contributed by atoms with Crippen LogP contribution in [-0.4, -0.2) is 74.3 Å². The number of nitrogens with two attached hydrogens (primary N) is 1. The Morgan fingerprint density at radius 3 is 1.80 bits per heavy atom. The van der Waals surface area contributed by atoms with Crippen molar-refractivity contribution in [3.63, 3.8) is 0 Å². The number of methoxy groups -OCH3 is 2. The predicted octanol–water partition coefficient (Wildman–Crippen LogP) is 3.26. The van der Waals surface area contributed by atoms with E-state index >= 15 is 0 Å². The molecule has 0 aromatic heterocycles. The van der Waals surface area contributed by atoms with Crippen LogP contribution in [0.25, 0.3) is 0 Å². The first-order valence-corrected chi connectivity index (χ1v) is 21.2. The second-order valence-electron chi connectivity index (χ2n) is 10.1. The van der Waals surface area contributed by atoms with Gasteiger partial charge in [0.25, 0.3) is 0 Å². The van der Waals surface area contributed by atoms with Crippen LogP contribution in [0.4, 0.5) is 0 Å². The van der Waals surface area contributed by atoms with Gasteiger partial charge in [0.2, 0.25) is 0 Å². The van der Waals surface area contributed by atoms with Gasteiger partial charge in [-0.25, -0.2) is 0 Å². The fourth-order valence-corrected chi connectivity index (χ4v) is 16.3. The number of hydrogen-bond acceptors (Lipinski definition) is 9. The molecule has 0 spiro atoms. The van der Waals surface area contributed by atoms with Crippen LogP contribution < -0.4 is 32.3 Å². The van der Waals surface area contributed by atoms with Crippen molar-refractivity contribution < 1.29 is 28.7 Å². The van der Waals surface area contributed by atoms with Crippen molar-refractivity contribution in [2.24, 2.45) is 5.73 Å². The summed E-state index contributed by atoms with van der Waals surface area (Å²) in [4.78, 5) is 48.9. The molecule has 0 aliphatic carbocycles. The quantitative estimate of drug-likeness (QED) is 0.0826. The van der Waals surface area contributed by atoms with Gasteiger partial charge < -0.3 is 4.74 Å². The van der Waals surface area contributed by atoms with Gasteiger partial charge in [-0.2, -0.15) is 0 Å². The van der Waals surface area contributed by atoms with Gasteiger partial charge in [0.1, 0.15) is 0 Å². The molecule has 0 fully saturated rings. The van der Waals surface area contributed by atoms with Gasteiger partial charge >= 0.3 is 265 Å². The molecule has 2 atom stereocenters. The number of carbonyl (C=O) groups is 4. The fourth-order valence-electron chi connectivity index (χ4n) is 4.79. The first-order valence-electron chi connectivity index (χ1n) is 14.2. The van der Waals surface area contributed by atoms with Gasteiger partial charge in [-0.1, -0.05) is 0 Å². The number of carbonyl (C=O) groups excluding carboxylic acids is 4. The minimum Gasteiger partial charge on any atom is -0.468 e. The molecule has 0 heterocycles. The summed E-state index contributed by atoms with van der Waals surface area (Å²) in [7, 11) is 5.51. The smallest absolute Gasteiger partial charge is 0.468 e. The van der Waals surface area contributed by atoms with Gasteiger partial charge in [-0.3, -0.25) is 4.79 Å². The molecular weight excluding hydrogens is 697 g/mol. The Labute approximate surface area is 280 Å². The molecular formula is C32H39BrN3O6PS2. The van der Waals surface area contributed by atoms with Gasteiger partial charge in [-0.15, -0.1) is 0 Å². The molecule has 4 N–H and O–H groups in total. The minimum atomic E-state index is -3.10. The van der Waals surface area contributed by atoms with Crippen LogP contribution in [0.1, 0.15) is 12.8 Å². The van der Waals surface area contributed by atoms with Crippen molar-refractivity contribution in [1.82, 2.24) is 10.6 Å². The standard InChI is InChI=1S/C32H39BrN3O6PS2/c1-41-30(38)22-35-31(39)28(36-29(37)19-18-27(34)32(40)42-2)23-45-44-21-20-43(33,24-12-6-3-7-13-24,25-14-8-4-9-15-25)26-16-10-5-11-17-26/h3-17,27-28H,18-23,34H2,1-2H3,(H,35,39)(H,36,37)/t27-,28-/m0/s1. The maximum absolute atomic E-state index is 13.0. The normalized spacial score (nSPS) is 13.4. The van der Waals surface area contributed by atoms with E-state index in [1.165, 1.54) is 40.9 Å². The number of halogens is 1. The number of rotatable bonds is 17. The summed E-state index contributed by atoms with van der Waals surface area (Å²) < 4.78 is 9.22. The Balaban J connectivity index is 1.76. The summed E-state index contributed by atoms with van der Waals surface area (Å²) in [5, 5.41) is 5.77. The summed E-state index contributed by atoms with van der Waals surface area (Å²) in [5.41, 5.74) is 5.75. The Bertz CT molecular complexity index is 1320. The Morgan fingerprint density at radius 2 is 1.33 bits per heavy atom. The molecule has 242 valence electrons. The van der Waals surface area contributed by atoms with Crippen LogP contribution in [0.3, 0.4) is 0 Å². The van der Waals surface area contributed by atoms with E-state index in [0.717, 1.165) is 11.9 Å². The van der Waals surface area contributed by atoms with Crippen molar-refractivity contribution in [3.05, 3.63) is 91.0 Å². The van der Waals surface area contributed by atoms with E-state index in [0.29, 0.717) is 0 Å². The molecule has 9 nitrogen and oxygen atoms in total. The third kappa shape index (κ3) is 9.56. The molecule has 3 aromatic rings. The van der Waals surface area contributed by atoms with E-state index in [9.17, 15) is 19.2 Å². The average Bonchev–Trinajstić information content (AvgIpc) is 3.09. The summed E-state index contributed by atoms with van der Waals surface area (Å²) in [6.45, 7) is -0.323. The zero-order valence-corrected chi connectivity index (χ0v) is 29.3. The molecule has 0 unspecified atom stereocenters. The molecule has 2 amide bonds. The Hall–Kier alpha value is -2.89. The van der Waals surface area contributed by atoms with Gasteiger partial charge in [-0.05, 0) is 0 Å². The van der Waals surface area contributed by atoms with Crippen molar-refractivity contribution in [2.75, 3.05) is 38.4 Å². The molecule has 45 heavy (non-hydrogen) atoms. The number of nitrogens with one attached hydrogen (secondary N) is 2. The second-order valence-corrected chi connectivity index (χ2v) is 21.8. The molecule has 3 aromatic carbocycles. The van der Waals surface area contributed by atoms with Gasteiger partial charge in [0, 0.05) is 0 Å². The number of ether oxygens (including phenoxy) is 2. The first kappa shape index (κ1) is 36.6. The summed E-state index contributed by atoms with van der Waals surface area (Å²) in [5.74, 6) is -1.21. The van der Waals surface area contributed by atoms with E-state index < -0.39 is 41.1 Å². The van der Waals surface area contributed by atoms with Crippen LogP contribution in [0, 0.1) is 0 Å². The second kappa shape index (κ2) is 17.7. The third-order valence-corrected chi connectivity index (χ3v) is 19.9. The predicted molar refractivity (Wildman–Crippen MR) is 190 cm³/mol. The van der Waals surface area contributed by atoms with E-state index in [1.807, 2.05) is 18.2 Å². The summed E-state index contributed by atoms with van der Waals surface area (Å²) >= 11 is 4.44. The monoisotopic (exact) mass is 735 g/mol. The number of amides is 2. The van der Waals surface area contributed by atoms with Crippen molar-refractivity contribution in [3.8, 4) is 0 Å².